The lowest BCUT2D eigenvalue weighted by atomic mass is 9.95. The lowest BCUT2D eigenvalue weighted by Gasteiger charge is -2.33. The molecule has 2 aromatic rings. The summed E-state index contributed by atoms with van der Waals surface area (Å²) in [5, 5.41) is 10.4. The van der Waals surface area contributed by atoms with E-state index in [4.69, 9.17) is 21.1 Å². The third-order valence-corrected chi connectivity index (χ3v) is 5.70. The SMILES string of the molecule is CC(=O)OCC1OCc2c3c(c(O)c(=O)n2C1=O)C(=O)N(Cc1ccc(F)c(Cl)c1)CC3. The van der Waals surface area contributed by atoms with Crippen LogP contribution in [0.1, 0.15) is 38.9 Å². The largest absolute Gasteiger partial charge is 0.502 e. The van der Waals surface area contributed by atoms with Gasteiger partial charge in [-0.15, -0.1) is 0 Å². The molecule has 4 rings (SSSR count). The Balaban J connectivity index is 1.67. The number of halogens is 2. The van der Waals surface area contributed by atoms with Gasteiger partial charge in [0.25, 0.3) is 11.8 Å². The van der Waals surface area contributed by atoms with Crippen LogP contribution in [0.25, 0.3) is 0 Å². The summed E-state index contributed by atoms with van der Waals surface area (Å²) < 4.78 is 24.5. The van der Waals surface area contributed by atoms with Gasteiger partial charge < -0.3 is 19.5 Å². The summed E-state index contributed by atoms with van der Waals surface area (Å²) in [4.78, 5) is 51.0. The minimum atomic E-state index is -1.19. The molecule has 0 saturated carbocycles. The second-order valence-electron chi connectivity index (χ2n) is 7.46. The van der Waals surface area contributed by atoms with Gasteiger partial charge in [0.05, 0.1) is 22.9 Å². The molecule has 2 aliphatic rings. The van der Waals surface area contributed by atoms with Crippen molar-refractivity contribution < 1.29 is 33.4 Å². The first kappa shape index (κ1) is 22.0. The Hall–Kier alpha value is -3.24. The van der Waals surface area contributed by atoms with Gasteiger partial charge in [0.15, 0.2) is 11.9 Å². The second kappa shape index (κ2) is 8.36. The average molecular weight is 465 g/mol. The summed E-state index contributed by atoms with van der Waals surface area (Å²) in [5.74, 6) is -3.41. The van der Waals surface area contributed by atoms with E-state index in [9.17, 15) is 28.7 Å². The quantitative estimate of drug-likeness (QED) is 0.684. The molecule has 3 heterocycles. The first-order chi connectivity index (χ1) is 15.2. The van der Waals surface area contributed by atoms with Crippen molar-refractivity contribution in [1.29, 1.82) is 0 Å². The van der Waals surface area contributed by atoms with Crippen molar-refractivity contribution in [3.05, 3.63) is 61.8 Å². The van der Waals surface area contributed by atoms with Crippen molar-refractivity contribution in [2.45, 2.75) is 32.6 Å². The molecule has 0 saturated heterocycles. The Kier molecular flexibility index (Phi) is 5.74. The molecular formula is C21H18ClFN2O7. The standard InChI is InChI=1S/C21H18ClFN2O7/c1-10(26)31-9-16-19(28)25-15(8-32-16)12-4-5-24(20(29)17(12)18(27)21(25)30)7-11-2-3-14(23)13(22)6-11/h2-3,6,16,27H,4-5,7-9H2,1H3. The van der Waals surface area contributed by atoms with Gasteiger partial charge in [0, 0.05) is 20.0 Å². The van der Waals surface area contributed by atoms with E-state index in [1.54, 1.807) is 0 Å². The zero-order valence-corrected chi connectivity index (χ0v) is 17.6. The van der Waals surface area contributed by atoms with E-state index in [2.05, 4.69) is 0 Å². The third-order valence-electron chi connectivity index (χ3n) is 5.41. The number of fused-ring (bicyclic) bond motifs is 3. The lowest BCUT2D eigenvalue weighted by Crippen LogP contribution is -2.48. The van der Waals surface area contributed by atoms with Crippen molar-refractivity contribution >= 4 is 29.4 Å². The van der Waals surface area contributed by atoms with Crippen LogP contribution in [0.2, 0.25) is 5.02 Å². The van der Waals surface area contributed by atoms with Crippen LogP contribution in [0.4, 0.5) is 4.39 Å². The molecule has 0 bridgehead atoms. The van der Waals surface area contributed by atoms with Crippen LogP contribution in [0, 0.1) is 5.82 Å². The summed E-state index contributed by atoms with van der Waals surface area (Å²) in [6.45, 7) is 0.959. The summed E-state index contributed by atoms with van der Waals surface area (Å²) in [5.41, 5.74) is -0.117. The summed E-state index contributed by atoms with van der Waals surface area (Å²) >= 11 is 5.80. The van der Waals surface area contributed by atoms with Gasteiger partial charge in [-0.3, -0.25) is 19.2 Å². The van der Waals surface area contributed by atoms with Gasteiger partial charge in [-0.05, 0) is 29.7 Å². The molecule has 0 fully saturated rings. The number of hydrogen-bond donors (Lipinski definition) is 1. The van der Waals surface area contributed by atoms with E-state index in [1.165, 1.54) is 30.0 Å². The average Bonchev–Trinajstić information content (AvgIpc) is 2.75. The topological polar surface area (TPSA) is 115 Å². The van der Waals surface area contributed by atoms with E-state index in [1.807, 2.05) is 0 Å². The minimum absolute atomic E-state index is 0.0820. The highest BCUT2D eigenvalue weighted by Crippen LogP contribution is 2.31. The van der Waals surface area contributed by atoms with Gasteiger partial charge in [-0.25, -0.2) is 8.96 Å². The van der Waals surface area contributed by atoms with Crippen LogP contribution in [0.3, 0.4) is 0 Å². The van der Waals surface area contributed by atoms with Crippen LogP contribution >= 0.6 is 11.6 Å². The fourth-order valence-corrected chi connectivity index (χ4v) is 4.07. The summed E-state index contributed by atoms with van der Waals surface area (Å²) in [6.07, 6.45) is -0.940. The highest BCUT2D eigenvalue weighted by atomic mass is 35.5. The fourth-order valence-electron chi connectivity index (χ4n) is 3.86. The normalized spacial score (nSPS) is 17.7. The Morgan fingerprint density at radius 3 is 2.78 bits per heavy atom. The lowest BCUT2D eigenvalue weighted by molar-refractivity contribution is -0.144. The van der Waals surface area contributed by atoms with Crippen LogP contribution in [0.15, 0.2) is 23.0 Å². The Labute approximate surface area is 185 Å². The van der Waals surface area contributed by atoms with Crippen molar-refractivity contribution in [1.82, 2.24) is 9.47 Å². The molecule has 0 radical (unpaired) electrons. The van der Waals surface area contributed by atoms with Gasteiger partial charge in [-0.1, -0.05) is 17.7 Å². The van der Waals surface area contributed by atoms with Crippen molar-refractivity contribution in [2.24, 2.45) is 0 Å². The number of nitrogens with zero attached hydrogens (tertiary/aromatic N) is 2. The van der Waals surface area contributed by atoms with Crippen LogP contribution in [-0.4, -0.2) is 51.6 Å². The summed E-state index contributed by atoms with van der Waals surface area (Å²) in [6, 6.07) is 4.08. The van der Waals surface area contributed by atoms with E-state index in [0.717, 1.165) is 4.57 Å². The number of pyridine rings is 1. The maximum absolute atomic E-state index is 13.4. The third kappa shape index (κ3) is 3.76. The number of ether oxygens (including phenoxy) is 2. The number of esters is 1. The maximum Gasteiger partial charge on any atom is 0.302 e. The molecule has 1 aromatic carbocycles. The van der Waals surface area contributed by atoms with Crippen LogP contribution in [-0.2, 0) is 33.8 Å². The van der Waals surface area contributed by atoms with Crippen LogP contribution < -0.4 is 5.56 Å². The minimum Gasteiger partial charge on any atom is -0.502 e. The molecule has 1 amide bonds. The van der Waals surface area contributed by atoms with Crippen LogP contribution in [0.5, 0.6) is 5.75 Å². The molecule has 9 nitrogen and oxygen atoms in total. The smallest absolute Gasteiger partial charge is 0.302 e. The zero-order chi connectivity index (χ0) is 23.2. The maximum atomic E-state index is 13.4. The molecule has 1 aromatic heterocycles. The molecule has 32 heavy (non-hydrogen) atoms. The first-order valence-corrected chi connectivity index (χ1v) is 10.1. The Bertz CT molecular complexity index is 1210. The van der Waals surface area contributed by atoms with Gasteiger partial charge in [0.1, 0.15) is 12.4 Å². The molecule has 2 aliphatic heterocycles. The van der Waals surface area contributed by atoms with Crippen molar-refractivity contribution in [3.63, 3.8) is 0 Å². The van der Waals surface area contributed by atoms with Gasteiger partial charge in [0.2, 0.25) is 0 Å². The number of aromatic nitrogens is 1. The van der Waals surface area contributed by atoms with E-state index >= 15 is 0 Å². The molecule has 11 heteroatoms. The number of aromatic hydroxyl groups is 1. The highest BCUT2D eigenvalue weighted by molar-refractivity contribution is 6.30. The molecule has 1 N–H and O–H groups in total. The first-order valence-electron chi connectivity index (χ1n) is 9.71. The predicted octanol–water partition coefficient (Wildman–Crippen LogP) is 1.65. The number of rotatable bonds is 4. The number of hydrogen-bond acceptors (Lipinski definition) is 7. The Morgan fingerprint density at radius 2 is 2.09 bits per heavy atom. The predicted molar refractivity (Wildman–Crippen MR) is 108 cm³/mol. The number of benzene rings is 1. The van der Waals surface area contributed by atoms with E-state index in [0.29, 0.717) is 11.1 Å². The molecular weight excluding hydrogens is 447 g/mol. The number of carbonyl (C=O) groups is 3. The van der Waals surface area contributed by atoms with E-state index in [-0.39, 0.29) is 49.0 Å². The molecule has 0 spiro atoms. The van der Waals surface area contributed by atoms with E-state index < -0.39 is 41.0 Å². The second-order valence-corrected chi connectivity index (χ2v) is 7.86. The number of carbonyl (C=O) groups excluding carboxylic acids is 3. The summed E-state index contributed by atoms with van der Waals surface area (Å²) in [7, 11) is 0. The van der Waals surface area contributed by atoms with Gasteiger partial charge >= 0.3 is 11.5 Å². The van der Waals surface area contributed by atoms with Crippen molar-refractivity contribution in [2.75, 3.05) is 13.2 Å². The fraction of sp³-hybridized carbons (Fsp3) is 0.333. The Morgan fingerprint density at radius 1 is 1.34 bits per heavy atom. The monoisotopic (exact) mass is 464 g/mol. The highest BCUT2D eigenvalue weighted by Gasteiger charge is 2.38. The molecule has 168 valence electrons. The molecule has 0 aliphatic carbocycles. The zero-order valence-electron chi connectivity index (χ0n) is 16.9. The van der Waals surface area contributed by atoms with Crippen molar-refractivity contribution in [3.8, 4) is 5.75 Å². The molecule has 1 unspecified atom stereocenters. The van der Waals surface area contributed by atoms with Gasteiger partial charge in [-0.2, -0.15) is 0 Å². The number of amides is 1. The molecule has 1 atom stereocenters.